The van der Waals surface area contributed by atoms with Crippen LogP contribution < -0.4 is 5.32 Å². The Morgan fingerprint density at radius 3 is 2.54 bits per heavy atom. The number of nitrogens with zero attached hydrogens (tertiary/aromatic N) is 3. The number of urea groups is 1. The quantitative estimate of drug-likeness (QED) is 0.533. The van der Waals surface area contributed by atoms with Crippen molar-refractivity contribution in [1.82, 2.24) is 14.7 Å². The summed E-state index contributed by atoms with van der Waals surface area (Å²) in [7, 11) is 0. The van der Waals surface area contributed by atoms with Gasteiger partial charge in [0.25, 0.3) is 5.91 Å². The van der Waals surface area contributed by atoms with Crippen molar-refractivity contribution >= 4 is 29.2 Å². The van der Waals surface area contributed by atoms with Gasteiger partial charge in [0.1, 0.15) is 0 Å². The molecule has 0 bridgehead atoms. The third-order valence-corrected chi connectivity index (χ3v) is 8.17. The first-order chi connectivity index (χ1) is 17.3. The molecule has 1 unspecified atom stereocenters. The average Bonchev–Trinajstić information content (AvgIpc) is 3.61. The van der Waals surface area contributed by atoms with Crippen molar-refractivity contribution in [3.8, 4) is 0 Å². The molecule has 37 heavy (non-hydrogen) atoms. The highest BCUT2D eigenvalue weighted by Gasteiger charge is 2.52. The summed E-state index contributed by atoms with van der Waals surface area (Å²) in [5, 5.41) is 12.3. The number of anilines is 1. The molecule has 4 rings (SSSR count). The number of piperidine rings is 1. The van der Waals surface area contributed by atoms with E-state index >= 15 is 0 Å². The molecule has 2 N–H and O–H groups in total. The molecular weight excluding hydrogens is 516 g/mol. The van der Waals surface area contributed by atoms with Gasteiger partial charge in [-0.05, 0) is 49.8 Å². The van der Waals surface area contributed by atoms with Gasteiger partial charge in [0.05, 0.1) is 22.7 Å². The fourth-order valence-electron chi connectivity index (χ4n) is 5.11. The summed E-state index contributed by atoms with van der Waals surface area (Å²) in [6.07, 6.45) is -4.33. The largest absolute Gasteiger partial charge is 0.417 e. The second-order valence-corrected chi connectivity index (χ2v) is 10.5. The van der Waals surface area contributed by atoms with Gasteiger partial charge in [-0.2, -0.15) is 13.2 Å². The number of hydrogen-bond donors (Lipinski definition) is 2. The number of aliphatic hydroxyl groups is 1. The van der Waals surface area contributed by atoms with Crippen molar-refractivity contribution in [2.45, 2.75) is 57.1 Å². The maximum absolute atomic E-state index is 14.8. The van der Waals surface area contributed by atoms with E-state index in [0.29, 0.717) is 25.2 Å². The van der Waals surface area contributed by atoms with E-state index in [-0.39, 0.29) is 37.2 Å². The molecule has 3 fully saturated rings. The van der Waals surface area contributed by atoms with Gasteiger partial charge in [0, 0.05) is 50.5 Å². The van der Waals surface area contributed by atoms with Crippen molar-refractivity contribution in [2.24, 2.45) is 5.41 Å². The monoisotopic (exact) mass is 546 g/mol. The van der Waals surface area contributed by atoms with E-state index in [4.69, 9.17) is 11.6 Å². The number of aliphatic hydroxyl groups excluding tert-OH is 1. The Hall–Kier alpha value is -2.53. The lowest BCUT2D eigenvalue weighted by atomic mass is 9.90. The molecule has 0 radical (unpaired) electrons. The molecule has 2 heterocycles. The molecule has 2 aliphatic heterocycles. The number of hydrogen-bond acceptors (Lipinski definition) is 4. The summed E-state index contributed by atoms with van der Waals surface area (Å²) in [5.41, 5.74) is -0.371. The topological polar surface area (TPSA) is 76.1 Å². The van der Waals surface area contributed by atoms with Gasteiger partial charge >= 0.3 is 12.2 Å². The minimum absolute atomic E-state index is 0.0431. The number of benzene rings is 1. The number of halogens is 5. The third kappa shape index (κ3) is 5.82. The van der Waals surface area contributed by atoms with E-state index in [1.54, 1.807) is 6.92 Å². The van der Waals surface area contributed by atoms with Gasteiger partial charge < -0.3 is 25.1 Å². The first-order valence-corrected chi connectivity index (χ1v) is 12.7. The Morgan fingerprint density at radius 2 is 1.95 bits per heavy atom. The van der Waals surface area contributed by atoms with Gasteiger partial charge in [-0.15, -0.1) is 0 Å². The molecule has 1 aromatic carbocycles. The first kappa shape index (κ1) is 27.5. The minimum atomic E-state index is -4.60. The van der Waals surface area contributed by atoms with Crippen LogP contribution in [0.3, 0.4) is 0 Å². The number of nitrogens with one attached hydrogen (secondary N) is 1. The molecule has 1 spiro atoms. The Bertz CT molecular complexity index is 1060. The van der Waals surface area contributed by atoms with Crippen molar-refractivity contribution in [2.75, 3.05) is 38.0 Å². The summed E-state index contributed by atoms with van der Waals surface area (Å²) in [4.78, 5) is 30.1. The van der Waals surface area contributed by atoms with E-state index in [1.807, 2.05) is 4.90 Å². The van der Waals surface area contributed by atoms with Gasteiger partial charge in [-0.25, -0.2) is 9.18 Å². The van der Waals surface area contributed by atoms with E-state index in [9.17, 15) is 32.3 Å². The molecule has 1 aliphatic carbocycles. The SMILES string of the molecule is C=C1[C@H](C)N(C(=O)Nc2ccc(C(F)(F)F)c(Cl)c2)CCN1CCC(F)C(=O)N1CCC2(CC2)[C@H](O)C1. The standard InChI is InChI=1S/C25H31ClF4N4O3/c1-15-16(2)34(23(37)31-17-3-4-18(19(26)13-17)25(28,29)30)12-11-32(15)9-5-20(27)22(36)33-10-8-24(6-7-24)21(35)14-33/h3-4,13,16,20-21,35H,1,5-12,14H2,2H3,(H,31,37)/t16-,20?,21+/m0/s1. The Kier molecular flexibility index (Phi) is 7.67. The molecule has 12 heteroatoms. The Labute approximate surface area is 218 Å². The molecule has 204 valence electrons. The minimum Gasteiger partial charge on any atom is -0.391 e. The van der Waals surface area contributed by atoms with Gasteiger partial charge in [-0.1, -0.05) is 18.2 Å². The summed E-state index contributed by atoms with van der Waals surface area (Å²) in [6, 6.07) is 2.00. The van der Waals surface area contributed by atoms with Gasteiger partial charge in [-0.3, -0.25) is 4.79 Å². The fourth-order valence-corrected chi connectivity index (χ4v) is 5.40. The van der Waals surface area contributed by atoms with Crippen LogP contribution in [0.5, 0.6) is 0 Å². The molecule has 7 nitrogen and oxygen atoms in total. The normalized spacial score (nSPS) is 24.3. The zero-order valence-electron chi connectivity index (χ0n) is 20.5. The number of rotatable bonds is 5. The van der Waals surface area contributed by atoms with Crippen LogP contribution >= 0.6 is 11.6 Å². The number of likely N-dealkylation sites (tertiary alicyclic amines) is 1. The van der Waals surface area contributed by atoms with Crippen LogP contribution in [0.1, 0.15) is 38.2 Å². The second kappa shape index (κ2) is 10.3. The van der Waals surface area contributed by atoms with Crippen LogP contribution in [0.2, 0.25) is 5.02 Å². The van der Waals surface area contributed by atoms with Crippen molar-refractivity contribution < 1.29 is 32.3 Å². The van der Waals surface area contributed by atoms with Gasteiger partial charge in [0.2, 0.25) is 0 Å². The van der Waals surface area contributed by atoms with Crippen LogP contribution in [0, 0.1) is 5.41 Å². The van der Waals surface area contributed by atoms with E-state index < -0.39 is 47.0 Å². The molecule has 1 aromatic rings. The highest BCUT2D eigenvalue weighted by molar-refractivity contribution is 6.31. The highest BCUT2D eigenvalue weighted by Crippen LogP contribution is 2.53. The number of piperazine rings is 1. The van der Waals surface area contributed by atoms with Crippen molar-refractivity contribution in [1.29, 1.82) is 0 Å². The molecule has 3 amide bonds. The van der Waals surface area contributed by atoms with Crippen LogP contribution in [0.25, 0.3) is 0 Å². The Balaban J connectivity index is 1.27. The summed E-state index contributed by atoms with van der Waals surface area (Å²) >= 11 is 5.73. The average molecular weight is 547 g/mol. The number of amides is 3. The van der Waals surface area contributed by atoms with E-state index in [1.165, 1.54) is 9.80 Å². The number of carbonyl (C=O) groups is 2. The zero-order valence-corrected chi connectivity index (χ0v) is 21.3. The van der Waals surface area contributed by atoms with Crippen LogP contribution in [-0.2, 0) is 11.0 Å². The van der Waals surface area contributed by atoms with Crippen LogP contribution in [-0.4, -0.2) is 82.8 Å². The molecule has 0 aromatic heterocycles. The molecule has 2 saturated heterocycles. The predicted octanol–water partition coefficient (Wildman–Crippen LogP) is 4.51. The molecule has 3 aliphatic rings. The number of β-amino-alcohol motifs (C(OH)–C–C–N with tert-alkyl or cyclic N) is 1. The van der Waals surface area contributed by atoms with Crippen LogP contribution in [0.15, 0.2) is 30.5 Å². The fraction of sp³-hybridized carbons (Fsp3) is 0.600. The zero-order chi connectivity index (χ0) is 27.1. The summed E-state index contributed by atoms with van der Waals surface area (Å²) in [6.45, 7) is 7.25. The van der Waals surface area contributed by atoms with Crippen molar-refractivity contribution in [3.63, 3.8) is 0 Å². The third-order valence-electron chi connectivity index (χ3n) is 7.86. The smallest absolute Gasteiger partial charge is 0.391 e. The maximum Gasteiger partial charge on any atom is 0.417 e. The number of alkyl halides is 4. The maximum atomic E-state index is 14.8. The molecule has 3 atom stereocenters. The Morgan fingerprint density at radius 1 is 1.24 bits per heavy atom. The lowest BCUT2D eigenvalue weighted by Crippen LogP contribution is -2.54. The summed E-state index contributed by atoms with van der Waals surface area (Å²) in [5.74, 6) is -0.610. The van der Waals surface area contributed by atoms with E-state index in [2.05, 4.69) is 11.9 Å². The lowest BCUT2D eigenvalue weighted by Gasteiger charge is -2.43. The van der Waals surface area contributed by atoms with Crippen LogP contribution in [0.4, 0.5) is 28.0 Å². The predicted molar refractivity (Wildman–Crippen MR) is 131 cm³/mol. The number of carbonyl (C=O) groups excluding carboxylic acids is 2. The summed E-state index contributed by atoms with van der Waals surface area (Å²) < 4.78 is 53.5. The lowest BCUT2D eigenvalue weighted by molar-refractivity contribution is -0.142. The van der Waals surface area contributed by atoms with Crippen molar-refractivity contribution in [3.05, 3.63) is 41.1 Å². The molecule has 1 saturated carbocycles. The first-order valence-electron chi connectivity index (χ1n) is 12.3. The second-order valence-electron chi connectivity index (χ2n) is 10.1. The highest BCUT2D eigenvalue weighted by atomic mass is 35.5. The van der Waals surface area contributed by atoms with Gasteiger partial charge in [0.15, 0.2) is 6.17 Å². The van der Waals surface area contributed by atoms with E-state index in [0.717, 1.165) is 31.0 Å². The molecular formula is C25H31ClF4N4O3.